The van der Waals surface area contributed by atoms with Crippen LogP contribution < -0.4 is 10.2 Å². The number of hydrogen-bond donors (Lipinski definition) is 1. The number of halogens is 2. The Kier molecular flexibility index (Phi) is 5.85. The van der Waals surface area contributed by atoms with Crippen LogP contribution in [0.4, 0.5) is 14.9 Å². The summed E-state index contributed by atoms with van der Waals surface area (Å²) in [6, 6.07) is 13.6. The van der Waals surface area contributed by atoms with Gasteiger partial charge in [-0.05, 0) is 18.2 Å². The van der Waals surface area contributed by atoms with E-state index >= 15 is 0 Å². The van der Waals surface area contributed by atoms with Gasteiger partial charge in [0, 0.05) is 23.6 Å². The second-order valence-electron chi connectivity index (χ2n) is 6.06. The van der Waals surface area contributed by atoms with Gasteiger partial charge in [0.15, 0.2) is 0 Å². The van der Waals surface area contributed by atoms with E-state index in [1.807, 2.05) is 37.3 Å². The van der Waals surface area contributed by atoms with Crippen molar-refractivity contribution in [3.8, 4) is 11.4 Å². The molecule has 0 unspecified atom stereocenters. The summed E-state index contributed by atoms with van der Waals surface area (Å²) >= 11 is 3.19. The van der Waals surface area contributed by atoms with Crippen LogP contribution in [0.1, 0.15) is 18.7 Å². The zero-order chi connectivity index (χ0) is 19.4. The molecule has 0 saturated heterocycles. The fourth-order valence-corrected chi connectivity index (χ4v) is 2.78. The maximum Gasteiger partial charge on any atom is 0.321 e. The van der Waals surface area contributed by atoms with Gasteiger partial charge in [0.2, 0.25) is 11.7 Å². The molecule has 0 aliphatic carbocycles. The number of urea groups is 1. The van der Waals surface area contributed by atoms with Crippen molar-refractivity contribution < 1.29 is 13.7 Å². The number of hydrogen-bond acceptors (Lipinski definition) is 4. The minimum absolute atomic E-state index is 0.188. The van der Waals surface area contributed by atoms with Crippen LogP contribution in [0.15, 0.2) is 57.5 Å². The molecule has 2 amide bonds. The molecule has 0 bridgehead atoms. The number of benzene rings is 2. The molecule has 0 aliphatic heterocycles. The summed E-state index contributed by atoms with van der Waals surface area (Å²) in [5.74, 6) is 0.242. The normalized spacial score (nSPS) is 11.9. The van der Waals surface area contributed by atoms with Crippen molar-refractivity contribution in [3.63, 3.8) is 0 Å². The highest BCUT2D eigenvalue weighted by atomic mass is 79.9. The van der Waals surface area contributed by atoms with E-state index in [1.165, 1.54) is 24.1 Å². The lowest BCUT2D eigenvalue weighted by atomic mass is 10.2. The first-order chi connectivity index (χ1) is 13.0. The highest BCUT2D eigenvalue weighted by Gasteiger charge is 2.19. The molecule has 0 radical (unpaired) electrons. The fourth-order valence-electron chi connectivity index (χ4n) is 2.45. The molecular weight excluding hydrogens is 415 g/mol. The monoisotopic (exact) mass is 432 g/mol. The molecule has 1 N–H and O–H groups in total. The van der Waals surface area contributed by atoms with Gasteiger partial charge in [-0.3, -0.25) is 4.90 Å². The molecule has 0 spiro atoms. The van der Waals surface area contributed by atoms with E-state index in [0.29, 0.717) is 16.2 Å². The Bertz CT molecular complexity index is 932. The lowest BCUT2D eigenvalue weighted by Gasteiger charge is -2.19. The van der Waals surface area contributed by atoms with Crippen LogP contribution in [-0.2, 0) is 0 Å². The van der Waals surface area contributed by atoms with Crippen LogP contribution in [0, 0.1) is 5.82 Å². The summed E-state index contributed by atoms with van der Waals surface area (Å²) in [7, 11) is 1.51. The van der Waals surface area contributed by atoms with Crippen LogP contribution in [0.25, 0.3) is 11.4 Å². The molecule has 8 heteroatoms. The van der Waals surface area contributed by atoms with Crippen molar-refractivity contribution in [1.82, 2.24) is 15.5 Å². The van der Waals surface area contributed by atoms with Crippen molar-refractivity contribution >= 4 is 27.6 Å². The zero-order valence-corrected chi connectivity index (χ0v) is 16.4. The van der Waals surface area contributed by atoms with Crippen LogP contribution in [-0.4, -0.2) is 29.8 Å². The molecular formula is C19H18BrFN4O2. The molecule has 6 nitrogen and oxygen atoms in total. The summed E-state index contributed by atoms with van der Waals surface area (Å²) in [5.41, 5.74) is 1.04. The van der Waals surface area contributed by atoms with Gasteiger partial charge in [-0.15, -0.1) is 0 Å². The predicted molar refractivity (Wildman–Crippen MR) is 104 cm³/mol. The molecule has 1 heterocycles. The van der Waals surface area contributed by atoms with E-state index in [2.05, 4.69) is 31.4 Å². The van der Waals surface area contributed by atoms with Crippen LogP contribution in [0.2, 0.25) is 0 Å². The third-order valence-electron chi connectivity index (χ3n) is 4.03. The number of carbonyl (C=O) groups is 1. The first-order valence-corrected chi connectivity index (χ1v) is 9.10. The van der Waals surface area contributed by atoms with Gasteiger partial charge in [0.1, 0.15) is 5.82 Å². The highest BCUT2D eigenvalue weighted by molar-refractivity contribution is 9.10. The largest absolute Gasteiger partial charge is 0.339 e. The highest BCUT2D eigenvalue weighted by Crippen LogP contribution is 2.23. The Hall–Kier alpha value is -2.74. The van der Waals surface area contributed by atoms with Crippen LogP contribution >= 0.6 is 15.9 Å². The average molecular weight is 433 g/mol. The maximum atomic E-state index is 14.0. The summed E-state index contributed by atoms with van der Waals surface area (Å²) in [5, 5.41) is 6.72. The first kappa shape index (κ1) is 19.0. The van der Waals surface area contributed by atoms with E-state index in [1.54, 1.807) is 6.07 Å². The van der Waals surface area contributed by atoms with E-state index in [4.69, 9.17) is 4.52 Å². The van der Waals surface area contributed by atoms with Gasteiger partial charge in [-0.2, -0.15) is 4.98 Å². The molecule has 0 aliphatic rings. The zero-order valence-electron chi connectivity index (χ0n) is 14.8. The lowest BCUT2D eigenvalue weighted by Crippen LogP contribution is -2.39. The molecule has 27 heavy (non-hydrogen) atoms. The number of anilines is 1. The van der Waals surface area contributed by atoms with E-state index in [0.717, 1.165) is 5.56 Å². The number of rotatable bonds is 5. The van der Waals surface area contributed by atoms with Crippen molar-refractivity contribution in [2.75, 3.05) is 18.5 Å². The molecule has 2 aromatic carbocycles. The first-order valence-electron chi connectivity index (χ1n) is 8.31. The van der Waals surface area contributed by atoms with Gasteiger partial charge in [0.05, 0.1) is 11.6 Å². The standard InChI is InChI=1S/C19H18BrFN4O2/c1-12(18-23-17(24-27-18)13-6-4-3-5-7-13)11-22-19(26)25(2)16-9-8-14(20)10-15(16)21/h3-10,12H,11H2,1-2H3,(H,22,26)/t12-/m1/s1. The Labute approximate surface area is 164 Å². The summed E-state index contributed by atoms with van der Waals surface area (Å²) < 4.78 is 19.9. The molecule has 3 rings (SSSR count). The quantitative estimate of drug-likeness (QED) is 0.639. The summed E-state index contributed by atoms with van der Waals surface area (Å²) in [4.78, 5) is 17.9. The predicted octanol–water partition coefficient (Wildman–Crippen LogP) is 4.59. The van der Waals surface area contributed by atoms with Gasteiger partial charge in [-0.1, -0.05) is 58.3 Å². The third-order valence-corrected chi connectivity index (χ3v) is 4.52. The number of aromatic nitrogens is 2. The smallest absolute Gasteiger partial charge is 0.321 e. The van der Waals surface area contributed by atoms with E-state index < -0.39 is 11.8 Å². The van der Waals surface area contributed by atoms with Crippen molar-refractivity contribution in [2.45, 2.75) is 12.8 Å². The van der Waals surface area contributed by atoms with Gasteiger partial charge < -0.3 is 9.84 Å². The van der Waals surface area contributed by atoms with Crippen molar-refractivity contribution in [3.05, 3.63) is 64.7 Å². The summed E-state index contributed by atoms with van der Waals surface area (Å²) in [6.45, 7) is 2.14. The Morgan fingerprint density at radius 2 is 2.04 bits per heavy atom. The van der Waals surface area contributed by atoms with E-state index in [-0.39, 0.29) is 18.2 Å². The van der Waals surface area contributed by atoms with Gasteiger partial charge >= 0.3 is 6.03 Å². The Morgan fingerprint density at radius 1 is 1.30 bits per heavy atom. The number of amides is 2. The Morgan fingerprint density at radius 3 is 2.74 bits per heavy atom. The second-order valence-corrected chi connectivity index (χ2v) is 6.98. The lowest BCUT2D eigenvalue weighted by molar-refractivity contribution is 0.246. The fraction of sp³-hybridized carbons (Fsp3) is 0.211. The molecule has 1 atom stereocenters. The molecule has 0 saturated carbocycles. The van der Waals surface area contributed by atoms with Gasteiger partial charge in [0.25, 0.3) is 0 Å². The maximum absolute atomic E-state index is 14.0. The van der Waals surface area contributed by atoms with E-state index in [9.17, 15) is 9.18 Å². The van der Waals surface area contributed by atoms with Crippen molar-refractivity contribution in [2.24, 2.45) is 0 Å². The minimum atomic E-state index is -0.487. The molecule has 3 aromatic rings. The topological polar surface area (TPSA) is 71.3 Å². The summed E-state index contributed by atoms with van der Waals surface area (Å²) in [6.07, 6.45) is 0. The third kappa shape index (κ3) is 4.51. The molecule has 1 aromatic heterocycles. The Balaban J connectivity index is 1.61. The SMILES string of the molecule is C[C@H](CNC(=O)N(C)c1ccc(Br)cc1F)c1nc(-c2ccccc2)no1. The second kappa shape index (κ2) is 8.30. The average Bonchev–Trinajstić information content (AvgIpc) is 3.16. The number of carbonyl (C=O) groups excluding carboxylic acids is 1. The van der Waals surface area contributed by atoms with Crippen LogP contribution in [0.3, 0.4) is 0 Å². The minimum Gasteiger partial charge on any atom is -0.339 e. The molecule has 140 valence electrons. The number of nitrogens with zero attached hydrogens (tertiary/aromatic N) is 3. The van der Waals surface area contributed by atoms with Crippen LogP contribution in [0.5, 0.6) is 0 Å². The molecule has 0 fully saturated rings. The van der Waals surface area contributed by atoms with Gasteiger partial charge in [-0.25, -0.2) is 9.18 Å². The number of nitrogens with one attached hydrogen (secondary N) is 1. The van der Waals surface area contributed by atoms with Crippen molar-refractivity contribution in [1.29, 1.82) is 0 Å².